The average molecular weight is 645 g/mol. The van der Waals surface area contributed by atoms with E-state index in [0.29, 0.717) is 12.8 Å². The van der Waals surface area contributed by atoms with Gasteiger partial charge in [0.1, 0.15) is 48.8 Å². The molecule has 2 heterocycles. The molecule has 2 bridgehead atoms. The molecule has 14 heteroatoms. The van der Waals surface area contributed by atoms with Crippen LogP contribution in [-0.2, 0) is 23.7 Å². The minimum Gasteiger partial charge on any atom is -0.481 e. The fraction of sp³-hybridized carbons (Fsp3) is 0.903. The monoisotopic (exact) mass is 644 g/mol. The van der Waals surface area contributed by atoms with Gasteiger partial charge in [-0.2, -0.15) is 0 Å². The van der Waals surface area contributed by atoms with Crippen molar-refractivity contribution in [3.8, 4) is 0 Å². The van der Waals surface area contributed by atoms with Crippen LogP contribution in [0.15, 0.2) is 12.2 Å². The van der Waals surface area contributed by atoms with E-state index in [0.717, 1.165) is 31.3 Å². The number of aliphatic hydroxyl groups is 8. The van der Waals surface area contributed by atoms with Gasteiger partial charge in [-0.25, -0.2) is 0 Å². The van der Waals surface area contributed by atoms with E-state index in [9.17, 15) is 50.8 Å². The predicted molar refractivity (Wildman–Crippen MR) is 151 cm³/mol. The smallest absolute Gasteiger partial charge is 0.306 e. The second kappa shape index (κ2) is 12.3. The van der Waals surface area contributed by atoms with Crippen molar-refractivity contribution in [2.24, 2.45) is 34.5 Å². The van der Waals surface area contributed by atoms with Crippen molar-refractivity contribution in [3.05, 3.63) is 12.2 Å². The molecule has 18 unspecified atom stereocenters. The lowest BCUT2D eigenvalue weighted by Crippen LogP contribution is -2.65. The van der Waals surface area contributed by atoms with Gasteiger partial charge in [-0.15, -0.1) is 0 Å². The molecule has 0 radical (unpaired) electrons. The SMILES string of the molecule is C=C1C2CCC3C4(C)CC(OC5OC(CO)C(O)C(O)C5OC5OC(CO)C(O)C(O)C5O)CC(C(=O)O)C4CCC3(C2)C1O. The summed E-state index contributed by atoms with van der Waals surface area (Å²) in [6.45, 7) is 4.89. The molecule has 6 rings (SSSR count). The third kappa shape index (κ3) is 5.29. The molecular formula is C31H48O14. The second-order valence-corrected chi connectivity index (χ2v) is 14.5. The van der Waals surface area contributed by atoms with Crippen molar-refractivity contribution in [1.29, 1.82) is 0 Å². The Labute approximate surface area is 261 Å². The molecule has 4 saturated carbocycles. The van der Waals surface area contributed by atoms with Gasteiger partial charge < -0.3 is 64.9 Å². The molecule has 2 saturated heterocycles. The molecule has 6 fully saturated rings. The summed E-state index contributed by atoms with van der Waals surface area (Å²) < 4.78 is 23.5. The minimum atomic E-state index is -1.81. The van der Waals surface area contributed by atoms with Gasteiger partial charge in [0.05, 0.1) is 31.3 Å². The number of aliphatic carboxylic acids is 1. The Morgan fingerprint density at radius 3 is 2.16 bits per heavy atom. The Morgan fingerprint density at radius 1 is 0.867 bits per heavy atom. The van der Waals surface area contributed by atoms with Gasteiger partial charge in [0.25, 0.3) is 0 Å². The normalized spacial score (nSPS) is 54.7. The first kappa shape index (κ1) is 33.6. The standard InChI is InChI=1S/C31H48O14/c1-12-13-3-4-19-30(2)9-14(7-15(27(40)41)16(30)5-6-31(19,8-13)26(12)39)42-29-25(23(37)21(35)18(11-33)44-29)45-28-24(38)22(36)20(34)17(10-32)43-28/h13-26,28-29,32-39H,1,3-11H2,2H3,(H,40,41). The summed E-state index contributed by atoms with van der Waals surface area (Å²) in [5.74, 6) is -1.60. The molecule has 0 aromatic heterocycles. The Hall–Kier alpha value is -1.27. The van der Waals surface area contributed by atoms with Crippen molar-refractivity contribution in [2.45, 2.75) is 125 Å². The highest BCUT2D eigenvalue weighted by molar-refractivity contribution is 5.71. The highest BCUT2D eigenvalue weighted by atomic mass is 16.8. The third-order valence-electron chi connectivity index (χ3n) is 12.4. The van der Waals surface area contributed by atoms with Crippen LogP contribution in [0.4, 0.5) is 0 Å². The summed E-state index contributed by atoms with van der Waals surface area (Å²) in [7, 11) is 0. The predicted octanol–water partition coefficient (Wildman–Crippen LogP) is -1.76. The van der Waals surface area contributed by atoms with Gasteiger partial charge in [-0.05, 0) is 73.7 Å². The quantitative estimate of drug-likeness (QED) is 0.110. The lowest BCUT2D eigenvalue weighted by atomic mass is 9.43. The van der Waals surface area contributed by atoms with E-state index in [1.807, 2.05) is 0 Å². The van der Waals surface area contributed by atoms with Gasteiger partial charge in [0.15, 0.2) is 12.6 Å². The molecule has 0 aromatic carbocycles. The van der Waals surface area contributed by atoms with Crippen molar-refractivity contribution < 1.29 is 69.7 Å². The minimum absolute atomic E-state index is 0.0218. The number of carbonyl (C=O) groups is 1. The molecule has 4 aliphatic carbocycles. The van der Waals surface area contributed by atoms with Crippen LogP contribution in [0.5, 0.6) is 0 Å². The number of ether oxygens (including phenoxy) is 4. The summed E-state index contributed by atoms with van der Waals surface area (Å²) >= 11 is 0. The zero-order chi connectivity index (χ0) is 32.6. The van der Waals surface area contributed by atoms with Crippen molar-refractivity contribution >= 4 is 5.97 Å². The van der Waals surface area contributed by atoms with E-state index in [1.54, 1.807) is 0 Å². The maximum absolute atomic E-state index is 12.7. The molecule has 1 spiro atoms. The van der Waals surface area contributed by atoms with Crippen LogP contribution in [0.25, 0.3) is 0 Å². The molecule has 0 aromatic rings. The number of aliphatic hydroxyl groups excluding tert-OH is 8. The number of rotatable bonds is 7. The number of fused-ring (bicyclic) bond motifs is 3. The first-order valence-corrected chi connectivity index (χ1v) is 16.1. The summed E-state index contributed by atoms with van der Waals surface area (Å²) in [6.07, 6.45) is -12.8. The topological polar surface area (TPSA) is 236 Å². The van der Waals surface area contributed by atoms with E-state index < -0.39 is 104 Å². The van der Waals surface area contributed by atoms with Crippen molar-refractivity contribution in [1.82, 2.24) is 0 Å². The first-order chi connectivity index (χ1) is 21.3. The highest BCUT2D eigenvalue weighted by Gasteiger charge is 2.67. The van der Waals surface area contributed by atoms with Gasteiger partial charge in [0, 0.05) is 5.41 Å². The van der Waals surface area contributed by atoms with Crippen LogP contribution in [0, 0.1) is 34.5 Å². The summed E-state index contributed by atoms with van der Waals surface area (Å²) in [6, 6.07) is 0. The highest BCUT2D eigenvalue weighted by Crippen LogP contribution is 2.70. The maximum Gasteiger partial charge on any atom is 0.306 e. The van der Waals surface area contributed by atoms with Crippen LogP contribution in [0.3, 0.4) is 0 Å². The fourth-order valence-corrected chi connectivity index (χ4v) is 10.2. The molecule has 256 valence electrons. The lowest BCUT2D eigenvalue weighted by molar-refractivity contribution is -0.374. The number of carboxylic acids is 1. The molecular weight excluding hydrogens is 596 g/mol. The zero-order valence-electron chi connectivity index (χ0n) is 25.4. The number of hydrogen-bond acceptors (Lipinski definition) is 13. The van der Waals surface area contributed by atoms with E-state index in [-0.39, 0.29) is 29.6 Å². The van der Waals surface area contributed by atoms with Crippen molar-refractivity contribution in [2.75, 3.05) is 13.2 Å². The van der Waals surface area contributed by atoms with E-state index in [2.05, 4.69) is 13.5 Å². The molecule has 14 nitrogen and oxygen atoms in total. The van der Waals surface area contributed by atoms with Gasteiger partial charge in [-0.1, -0.05) is 13.5 Å². The van der Waals surface area contributed by atoms with Crippen LogP contribution < -0.4 is 0 Å². The van der Waals surface area contributed by atoms with E-state index in [4.69, 9.17) is 18.9 Å². The lowest BCUT2D eigenvalue weighted by Gasteiger charge is -2.62. The van der Waals surface area contributed by atoms with E-state index in [1.165, 1.54) is 0 Å². The van der Waals surface area contributed by atoms with Crippen molar-refractivity contribution in [3.63, 3.8) is 0 Å². The zero-order valence-corrected chi connectivity index (χ0v) is 25.4. The summed E-state index contributed by atoms with van der Waals surface area (Å²) in [4.78, 5) is 12.7. The summed E-state index contributed by atoms with van der Waals surface area (Å²) in [5.41, 5.74) is -0.0454. The number of hydrogen-bond donors (Lipinski definition) is 9. The van der Waals surface area contributed by atoms with E-state index >= 15 is 0 Å². The van der Waals surface area contributed by atoms with Gasteiger partial charge >= 0.3 is 5.97 Å². The van der Waals surface area contributed by atoms with Gasteiger partial charge in [-0.3, -0.25) is 4.79 Å². The second-order valence-electron chi connectivity index (χ2n) is 14.5. The molecule has 2 aliphatic heterocycles. The largest absolute Gasteiger partial charge is 0.481 e. The fourth-order valence-electron chi connectivity index (χ4n) is 10.2. The Balaban J connectivity index is 1.28. The Kier molecular flexibility index (Phi) is 9.20. The average Bonchev–Trinajstić information content (AvgIpc) is 3.18. The molecule has 0 amide bonds. The summed E-state index contributed by atoms with van der Waals surface area (Å²) in [5, 5.41) is 94.0. The molecule has 6 aliphatic rings. The van der Waals surface area contributed by atoms with Crippen LogP contribution in [0.1, 0.15) is 51.9 Å². The van der Waals surface area contributed by atoms with Gasteiger partial charge in [0.2, 0.25) is 0 Å². The van der Waals surface area contributed by atoms with Crippen LogP contribution in [0.2, 0.25) is 0 Å². The van der Waals surface area contributed by atoms with Crippen LogP contribution >= 0.6 is 0 Å². The molecule has 45 heavy (non-hydrogen) atoms. The molecule has 18 atom stereocenters. The first-order valence-electron chi connectivity index (χ1n) is 16.1. The Bertz CT molecular complexity index is 1120. The van der Waals surface area contributed by atoms with Crippen LogP contribution in [-0.4, -0.2) is 139 Å². The maximum atomic E-state index is 12.7. The third-order valence-corrected chi connectivity index (χ3v) is 12.4. The molecule has 9 N–H and O–H groups in total. The Morgan fingerprint density at radius 2 is 1.51 bits per heavy atom. The number of carboxylic acid groups (broad SMARTS) is 1.